The van der Waals surface area contributed by atoms with E-state index in [9.17, 15) is 22.8 Å². The van der Waals surface area contributed by atoms with Gasteiger partial charge in [0.2, 0.25) is 27.7 Å². The van der Waals surface area contributed by atoms with Gasteiger partial charge in [-0.15, -0.1) is 11.3 Å². The Morgan fingerprint density at radius 2 is 1.82 bits per heavy atom. The van der Waals surface area contributed by atoms with Crippen molar-refractivity contribution in [2.45, 2.75) is 80.8 Å². The molecule has 4 N–H and O–H groups in total. The van der Waals surface area contributed by atoms with E-state index in [4.69, 9.17) is 10.5 Å². The second-order valence-corrected chi connectivity index (χ2v) is 13.5. The van der Waals surface area contributed by atoms with Crippen LogP contribution in [0.25, 0.3) is 0 Å². The Morgan fingerprint density at radius 1 is 1.10 bits per heavy atom. The molecule has 1 aliphatic heterocycles. The normalized spacial score (nSPS) is 21.3. The number of piperidine rings is 1. The molecule has 1 aromatic carbocycles. The van der Waals surface area contributed by atoms with Gasteiger partial charge in [-0.2, -0.15) is 4.31 Å². The van der Waals surface area contributed by atoms with Crippen LogP contribution in [0.1, 0.15) is 56.2 Å². The average Bonchev–Trinajstić information content (AvgIpc) is 3.46. The number of thiophene rings is 1. The van der Waals surface area contributed by atoms with Crippen LogP contribution in [0.4, 0.5) is 0 Å². The van der Waals surface area contributed by atoms with Crippen molar-refractivity contribution in [3.05, 3.63) is 46.7 Å². The van der Waals surface area contributed by atoms with E-state index in [1.165, 1.54) is 34.9 Å². The van der Waals surface area contributed by atoms with Crippen molar-refractivity contribution in [3.63, 3.8) is 0 Å². The third-order valence-corrected chi connectivity index (χ3v) is 10.6. The summed E-state index contributed by atoms with van der Waals surface area (Å²) in [5, 5.41) is 7.63. The summed E-state index contributed by atoms with van der Waals surface area (Å²) in [5.41, 5.74) is 5.67. The van der Waals surface area contributed by atoms with Crippen LogP contribution in [0.2, 0.25) is 0 Å². The highest BCUT2D eigenvalue weighted by Crippen LogP contribution is 2.29. The Morgan fingerprint density at radius 3 is 2.45 bits per heavy atom. The quantitative estimate of drug-likeness (QED) is 0.366. The predicted octanol–water partition coefficient (Wildman–Crippen LogP) is 2.58. The molecule has 2 aliphatic rings. The Hall–Kier alpha value is -2.96. The average molecular weight is 591 g/mol. The van der Waals surface area contributed by atoms with Crippen molar-refractivity contribution in [1.29, 1.82) is 0 Å². The lowest BCUT2D eigenvalue weighted by molar-refractivity contribution is -0.131. The summed E-state index contributed by atoms with van der Waals surface area (Å²) in [7, 11) is -2.58. The minimum absolute atomic E-state index is 0.0277. The first kappa shape index (κ1) is 30.0. The number of primary amides is 1. The first-order valence-electron chi connectivity index (χ1n) is 13.7. The maximum atomic E-state index is 13.7. The topological polar surface area (TPSA) is 148 Å². The molecule has 4 rings (SSSR count). The highest BCUT2D eigenvalue weighted by Gasteiger charge is 2.42. The van der Waals surface area contributed by atoms with Crippen LogP contribution < -0.4 is 21.1 Å². The smallest absolute Gasteiger partial charge is 0.243 e. The van der Waals surface area contributed by atoms with E-state index in [1.807, 2.05) is 17.5 Å². The number of nitrogens with two attached hydrogens (primary N) is 1. The molecular weight excluding hydrogens is 552 g/mol. The van der Waals surface area contributed by atoms with Crippen molar-refractivity contribution in [2.24, 2.45) is 11.7 Å². The van der Waals surface area contributed by atoms with Crippen molar-refractivity contribution >= 4 is 39.1 Å². The number of hydrogen-bond acceptors (Lipinski definition) is 7. The molecule has 3 amide bonds. The van der Waals surface area contributed by atoms with Gasteiger partial charge < -0.3 is 21.1 Å². The van der Waals surface area contributed by atoms with E-state index in [2.05, 4.69) is 10.6 Å². The van der Waals surface area contributed by atoms with Crippen LogP contribution in [0.5, 0.6) is 5.75 Å². The molecule has 3 atom stereocenters. The maximum absolute atomic E-state index is 13.7. The van der Waals surface area contributed by atoms with Crippen molar-refractivity contribution in [3.8, 4) is 5.75 Å². The largest absolute Gasteiger partial charge is 0.497 e. The first-order valence-corrected chi connectivity index (χ1v) is 16.1. The SMILES string of the molecule is COc1ccc(S(=O)(=O)N2CC[C@H](NC(=O)Cc3cccs3)C[C@H]2C(=O)N[C@@H](CC2CCCCC2)C(N)=O)cc1. The standard InChI is InChI=1S/C28H38N4O6S2/c1-38-21-9-11-23(12-10-21)40(36,37)32-14-13-20(30-26(33)18-22-8-5-15-39-22)17-25(32)28(35)31-24(27(29)34)16-19-6-3-2-4-7-19/h5,8-12,15,19-20,24-25H,2-4,6-7,13-14,16-18H2,1H3,(H2,29,34)(H,30,33)(H,31,35)/t20-,24-,25-/m0/s1. The fourth-order valence-corrected chi connectivity index (χ4v) is 7.92. The molecule has 10 nitrogen and oxygen atoms in total. The molecule has 2 heterocycles. The minimum atomic E-state index is -4.07. The number of sulfonamides is 1. The fourth-order valence-electron chi connectivity index (χ4n) is 5.60. The maximum Gasteiger partial charge on any atom is 0.243 e. The number of carbonyl (C=O) groups is 3. The summed E-state index contributed by atoms with van der Waals surface area (Å²) in [6.07, 6.45) is 6.32. The van der Waals surface area contributed by atoms with Gasteiger partial charge >= 0.3 is 0 Å². The highest BCUT2D eigenvalue weighted by atomic mass is 32.2. The van der Waals surface area contributed by atoms with E-state index >= 15 is 0 Å². The van der Waals surface area contributed by atoms with E-state index in [0.29, 0.717) is 18.6 Å². The fraction of sp³-hybridized carbons (Fsp3) is 0.536. The molecule has 12 heteroatoms. The van der Waals surface area contributed by atoms with Gasteiger partial charge in [0.05, 0.1) is 18.4 Å². The number of methoxy groups -OCH3 is 1. The third kappa shape index (κ3) is 7.61. The molecule has 218 valence electrons. The first-order chi connectivity index (χ1) is 19.2. The molecular formula is C28H38N4O6S2. The van der Waals surface area contributed by atoms with Crippen LogP contribution in [-0.4, -0.2) is 62.2 Å². The third-order valence-electron chi connectivity index (χ3n) is 7.76. The van der Waals surface area contributed by atoms with Crippen molar-refractivity contribution in [2.75, 3.05) is 13.7 Å². The minimum Gasteiger partial charge on any atom is -0.497 e. The van der Waals surface area contributed by atoms with Gasteiger partial charge in [0.15, 0.2) is 0 Å². The van der Waals surface area contributed by atoms with Gasteiger partial charge in [0.1, 0.15) is 17.8 Å². The number of hydrogen-bond donors (Lipinski definition) is 3. The van der Waals surface area contributed by atoms with Crippen LogP contribution in [0.3, 0.4) is 0 Å². The summed E-state index contributed by atoms with van der Waals surface area (Å²) in [6, 6.07) is 7.30. The van der Waals surface area contributed by atoms with E-state index in [1.54, 1.807) is 12.1 Å². The molecule has 2 fully saturated rings. The molecule has 2 aromatic rings. The molecule has 1 aromatic heterocycles. The van der Waals surface area contributed by atoms with Crippen molar-refractivity contribution in [1.82, 2.24) is 14.9 Å². The zero-order chi connectivity index (χ0) is 28.7. The number of nitrogens with one attached hydrogen (secondary N) is 2. The van der Waals surface area contributed by atoms with Crippen LogP contribution in [0.15, 0.2) is 46.7 Å². The Balaban J connectivity index is 1.53. The van der Waals surface area contributed by atoms with Gasteiger partial charge in [0.25, 0.3) is 0 Å². The molecule has 1 saturated carbocycles. The molecule has 1 aliphatic carbocycles. The molecule has 40 heavy (non-hydrogen) atoms. The lowest BCUT2D eigenvalue weighted by Gasteiger charge is -2.38. The molecule has 1 saturated heterocycles. The summed E-state index contributed by atoms with van der Waals surface area (Å²) >= 11 is 1.48. The van der Waals surface area contributed by atoms with Gasteiger partial charge in [-0.05, 0) is 60.9 Å². The Kier molecular flexibility index (Phi) is 10.2. The molecule has 0 bridgehead atoms. The highest BCUT2D eigenvalue weighted by molar-refractivity contribution is 7.89. The van der Waals surface area contributed by atoms with Crippen LogP contribution in [-0.2, 0) is 30.8 Å². The number of amides is 3. The second-order valence-electron chi connectivity index (χ2n) is 10.6. The number of carbonyl (C=O) groups excluding carboxylic acids is 3. The summed E-state index contributed by atoms with van der Waals surface area (Å²) in [6.45, 7) is 0.0280. The van der Waals surface area contributed by atoms with E-state index in [0.717, 1.165) is 37.0 Å². The lowest BCUT2D eigenvalue weighted by atomic mass is 9.84. The molecule has 0 spiro atoms. The zero-order valence-corrected chi connectivity index (χ0v) is 24.3. The van der Waals surface area contributed by atoms with Gasteiger partial charge in [-0.25, -0.2) is 8.42 Å². The molecule has 0 radical (unpaired) electrons. The summed E-state index contributed by atoms with van der Waals surface area (Å²) in [5.74, 6) is -0.631. The van der Waals surface area contributed by atoms with Gasteiger partial charge in [-0.3, -0.25) is 14.4 Å². The Labute approximate surface area is 239 Å². The lowest BCUT2D eigenvalue weighted by Crippen LogP contribution is -2.59. The van der Waals surface area contributed by atoms with Gasteiger partial charge in [-0.1, -0.05) is 38.2 Å². The van der Waals surface area contributed by atoms with E-state index < -0.39 is 40.0 Å². The number of benzene rings is 1. The number of rotatable bonds is 11. The van der Waals surface area contributed by atoms with Crippen LogP contribution in [0, 0.1) is 5.92 Å². The Bertz CT molecular complexity index is 1260. The number of nitrogens with zero attached hydrogens (tertiary/aromatic N) is 1. The van der Waals surface area contributed by atoms with Crippen LogP contribution >= 0.6 is 11.3 Å². The molecule has 0 unspecified atom stereocenters. The summed E-state index contributed by atoms with van der Waals surface area (Å²) < 4.78 is 33.7. The van der Waals surface area contributed by atoms with Crippen molar-refractivity contribution < 1.29 is 27.5 Å². The second kappa shape index (κ2) is 13.6. The monoisotopic (exact) mass is 590 g/mol. The number of ether oxygens (including phenoxy) is 1. The summed E-state index contributed by atoms with van der Waals surface area (Å²) in [4.78, 5) is 39.6. The predicted molar refractivity (Wildman–Crippen MR) is 152 cm³/mol. The van der Waals surface area contributed by atoms with Gasteiger partial charge in [0, 0.05) is 17.5 Å². The van der Waals surface area contributed by atoms with E-state index in [-0.39, 0.29) is 36.1 Å². The zero-order valence-electron chi connectivity index (χ0n) is 22.7.